The molecule has 7 aliphatic rings. The molecule has 236 valence electrons. The molecule has 2 aromatic rings. The summed E-state index contributed by atoms with van der Waals surface area (Å²) in [4.78, 5) is 25.4. The molecule has 6 N–H and O–H groups in total. The largest absolute Gasteiger partial charge is 0.508 e. The molecule has 0 spiro atoms. The van der Waals surface area contributed by atoms with Crippen LogP contribution >= 0.6 is 0 Å². The number of aliphatic hydroxyl groups is 4. The predicted molar refractivity (Wildman–Crippen MR) is 142 cm³/mol. The van der Waals surface area contributed by atoms with E-state index in [1.165, 1.54) is 48.5 Å². The van der Waals surface area contributed by atoms with Crippen molar-refractivity contribution in [2.24, 2.45) is 11.3 Å². The molecule has 11 atom stereocenters. The first kappa shape index (κ1) is 29.4. The maximum atomic E-state index is 12.9. The van der Waals surface area contributed by atoms with Crippen molar-refractivity contribution in [2.45, 2.75) is 73.8 Å². The minimum Gasteiger partial charge on any atom is -0.508 e. The Bertz CT molecular complexity index is 1470. The number of phenolic OH excluding ortho intramolecular Hbond substituents is 2. The van der Waals surface area contributed by atoms with Gasteiger partial charge in [-0.3, -0.25) is 0 Å². The Morgan fingerprint density at radius 2 is 1.45 bits per heavy atom. The number of carbonyl (C=O) groups is 2. The fraction of sp³-hybridized carbons (Fsp3) is 0.533. The van der Waals surface area contributed by atoms with Gasteiger partial charge in [0.25, 0.3) is 0 Å². The summed E-state index contributed by atoms with van der Waals surface area (Å²) in [6, 6.07) is 10.8. The molecule has 7 fully saturated rings. The van der Waals surface area contributed by atoms with Crippen molar-refractivity contribution in [1.82, 2.24) is 0 Å². The highest BCUT2D eigenvalue weighted by Crippen LogP contribution is 2.81. The van der Waals surface area contributed by atoms with Gasteiger partial charge in [-0.25, -0.2) is 9.59 Å². The van der Waals surface area contributed by atoms with E-state index in [-0.39, 0.29) is 42.1 Å². The third-order valence-electron chi connectivity index (χ3n) is 9.97. The summed E-state index contributed by atoms with van der Waals surface area (Å²) in [6.45, 7) is 0.917. The summed E-state index contributed by atoms with van der Waals surface area (Å²) in [5, 5.41) is 62.6. The molecule has 0 radical (unpaired) electrons. The molecular weight excluding hydrogens is 584 g/mol. The maximum absolute atomic E-state index is 12.9. The van der Waals surface area contributed by atoms with E-state index >= 15 is 0 Å². The van der Waals surface area contributed by atoms with Crippen LogP contribution in [-0.2, 0) is 28.4 Å². The zero-order valence-electron chi connectivity index (χ0n) is 23.4. The lowest BCUT2D eigenvalue weighted by molar-refractivity contribution is -0.424. The van der Waals surface area contributed by atoms with Crippen LogP contribution in [0, 0.1) is 11.3 Å². The van der Waals surface area contributed by atoms with Gasteiger partial charge in [0.05, 0.1) is 16.5 Å². The van der Waals surface area contributed by atoms with Gasteiger partial charge in [-0.1, -0.05) is 0 Å². The Labute approximate surface area is 250 Å². The van der Waals surface area contributed by atoms with E-state index in [1.54, 1.807) is 6.92 Å². The molecule has 3 aliphatic carbocycles. The molecule has 6 bridgehead atoms. The van der Waals surface area contributed by atoms with Crippen LogP contribution < -0.4 is 0 Å². The van der Waals surface area contributed by atoms with Crippen LogP contribution in [0.5, 0.6) is 11.5 Å². The summed E-state index contributed by atoms with van der Waals surface area (Å²) in [5.41, 5.74) is -3.42. The summed E-state index contributed by atoms with van der Waals surface area (Å²) in [6.07, 6.45) is -8.82. The van der Waals surface area contributed by atoms with Crippen molar-refractivity contribution < 1.29 is 68.6 Å². The normalized spacial score (nSPS) is 43.0. The van der Waals surface area contributed by atoms with Crippen LogP contribution in [0.15, 0.2) is 48.5 Å². The Balaban J connectivity index is 1.12. The number of hydrogen-bond acceptors (Lipinski definition) is 14. The quantitative estimate of drug-likeness (QED) is 0.214. The Hall–Kier alpha value is -3.34. The van der Waals surface area contributed by atoms with Gasteiger partial charge >= 0.3 is 11.9 Å². The van der Waals surface area contributed by atoms with Gasteiger partial charge < -0.3 is 59.1 Å². The highest BCUT2D eigenvalue weighted by molar-refractivity contribution is 5.90. The van der Waals surface area contributed by atoms with E-state index in [2.05, 4.69) is 0 Å². The van der Waals surface area contributed by atoms with Crippen molar-refractivity contribution in [3.05, 3.63) is 59.7 Å². The van der Waals surface area contributed by atoms with Crippen LogP contribution in [0.1, 0.15) is 40.5 Å². The first-order valence-electron chi connectivity index (χ1n) is 14.2. The van der Waals surface area contributed by atoms with Gasteiger partial charge in [0, 0.05) is 12.3 Å². The molecule has 4 saturated heterocycles. The number of benzene rings is 2. The van der Waals surface area contributed by atoms with Crippen molar-refractivity contribution in [1.29, 1.82) is 0 Å². The number of aliphatic hydroxyl groups excluding tert-OH is 3. The van der Waals surface area contributed by atoms with E-state index in [9.17, 15) is 40.2 Å². The van der Waals surface area contributed by atoms with E-state index < -0.39 is 83.9 Å². The highest BCUT2D eigenvalue weighted by Gasteiger charge is 2.94. The van der Waals surface area contributed by atoms with Crippen molar-refractivity contribution >= 4 is 11.9 Å². The van der Waals surface area contributed by atoms with Crippen LogP contribution in [0.3, 0.4) is 0 Å². The minimum atomic E-state index is -1.74. The Morgan fingerprint density at radius 3 is 2.07 bits per heavy atom. The van der Waals surface area contributed by atoms with E-state index in [0.717, 1.165) is 0 Å². The van der Waals surface area contributed by atoms with Gasteiger partial charge in [0.15, 0.2) is 18.4 Å². The van der Waals surface area contributed by atoms with Gasteiger partial charge in [-0.2, -0.15) is 0 Å². The zero-order chi connectivity index (χ0) is 31.2. The molecule has 0 amide bonds. The molecule has 3 saturated carbocycles. The van der Waals surface area contributed by atoms with Crippen LogP contribution in [0.4, 0.5) is 0 Å². The van der Waals surface area contributed by atoms with E-state index in [0.29, 0.717) is 0 Å². The van der Waals surface area contributed by atoms with Gasteiger partial charge in [-0.05, 0) is 61.9 Å². The summed E-state index contributed by atoms with van der Waals surface area (Å²) in [7, 11) is 0. The van der Waals surface area contributed by atoms with Gasteiger partial charge in [0.1, 0.15) is 60.3 Å². The van der Waals surface area contributed by atoms with E-state index in [1.807, 2.05) is 0 Å². The van der Waals surface area contributed by atoms with Crippen molar-refractivity contribution in [3.8, 4) is 11.5 Å². The molecular formula is C30H32O14. The molecule has 44 heavy (non-hydrogen) atoms. The van der Waals surface area contributed by atoms with Crippen LogP contribution in [0.2, 0.25) is 0 Å². The van der Waals surface area contributed by atoms with Crippen molar-refractivity contribution in [3.63, 3.8) is 0 Å². The van der Waals surface area contributed by atoms with Gasteiger partial charge in [-0.15, -0.1) is 0 Å². The Kier molecular flexibility index (Phi) is 6.56. The number of esters is 2. The monoisotopic (exact) mass is 616 g/mol. The summed E-state index contributed by atoms with van der Waals surface area (Å²) < 4.78 is 35.5. The third kappa shape index (κ3) is 3.96. The average Bonchev–Trinajstić information content (AvgIpc) is 3.18. The molecule has 9 rings (SSSR count). The molecule has 14 heteroatoms. The number of carbonyl (C=O) groups excluding carboxylic acids is 2. The number of aromatic hydroxyl groups is 2. The van der Waals surface area contributed by atoms with E-state index in [4.69, 9.17) is 28.4 Å². The third-order valence-corrected chi connectivity index (χ3v) is 9.97. The molecule has 0 unspecified atom stereocenters. The van der Waals surface area contributed by atoms with Crippen LogP contribution in [-0.4, -0.2) is 110 Å². The molecule has 0 aromatic heterocycles. The van der Waals surface area contributed by atoms with Crippen LogP contribution in [0.25, 0.3) is 0 Å². The van der Waals surface area contributed by atoms with Gasteiger partial charge in [0.2, 0.25) is 0 Å². The fourth-order valence-electron chi connectivity index (χ4n) is 7.72. The molecule has 4 heterocycles. The SMILES string of the molecule is C[C@@]12C[C@@]3(O)O[C@@H](O1)[C@]1(COC(=O)c4ccc(O)cc4)[C@H]3C[C@@]12O[C@@H]1O[C@H](COC(=O)c2ccc(O)cc2)[C@@H](O)[C@H](O)[C@H]1O. The molecule has 2 aromatic carbocycles. The Morgan fingerprint density at radius 1 is 0.864 bits per heavy atom. The summed E-state index contributed by atoms with van der Waals surface area (Å²) >= 11 is 0. The lowest BCUT2D eigenvalue weighted by Crippen LogP contribution is -2.80. The second kappa shape index (κ2) is 9.83. The maximum Gasteiger partial charge on any atom is 0.338 e. The second-order valence-electron chi connectivity index (χ2n) is 12.3. The number of ether oxygens (including phenoxy) is 6. The first-order valence-corrected chi connectivity index (χ1v) is 14.2. The zero-order valence-corrected chi connectivity index (χ0v) is 23.4. The first-order chi connectivity index (χ1) is 20.8. The molecule has 14 nitrogen and oxygen atoms in total. The fourth-order valence-corrected chi connectivity index (χ4v) is 7.72. The minimum absolute atomic E-state index is 0.0104. The number of phenols is 2. The predicted octanol–water partition coefficient (Wildman–Crippen LogP) is -0.0816. The number of hydrogen-bond donors (Lipinski definition) is 6. The lowest BCUT2D eigenvalue weighted by Gasteiger charge is -2.67. The lowest BCUT2D eigenvalue weighted by atomic mass is 9.41. The van der Waals surface area contributed by atoms with Crippen molar-refractivity contribution in [2.75, 3.05) is 13.2 Å². The molecule has 4 aliphatic heterocycles. The second-order valence-corrected chi connectivity index (χ2v) is 12.3. The topological polar surface area (TPSA) is 211 Å². The smallest absolute Gasteiger partial charge is 0.338 e. The number of rotatable bonds is 8. The highest BCUT2D eigenvalue weighted by atomic mass is 16.8. The summed E-state index contributed by atoms with van der Waals surface area (Å²) in [5.74, 6) is -3.67. The average molecular weight is 617 g/mol. The standard InChI is InChI=1S/C30H32O14/c1-27-12-29(38)19-10-30(27,28(19,26(43-27)44-29)13-40-24(37)15-4-8-17(32)9-5-15)42-25-22(35)21(34)20(33)18(41-25)11-39-23(36)14-2-6-16(31)7-3-14/h2-9,18-22,25-26,31-35,38H,10-13H2,1H3/t18-,19-,20-,21+,22-,25+,26-,27+,28+,29-,30+/m1/s1.